The van der Waals surface area contributed by atoms with E-state index in [-0.39, 0.29) is 42.3 Å². The molecule has 0 aliphatic carbocycles. The highest BCUT2D eigenvalue weighted by molar-refractivity contribution is 6.09. The molecule has 1 aliphatic heterocycles. The second-order valence-corrected chi connectivity index (χ2v) is 8.58. The van der Waals surface area contributed by atoms with Crippen LogP contribution in [-0.2, 0) is 19.1 Å². The zero-order valence-electron chi connectivity index (χ0n) is 18.7. The number of halogens is 2. The molecule has 0 spiro atoms. The molecule has 1 saturated heterocycles. The van der Waals surface area contributed by atoms with Gasteiger partial charge in [0.25, 0.3) is 11.8 Å². The summed E-state index contributed by atoms with van der Waals surface area (Å²) in [6.07, 6.45) is 0. The standard InChI is InChI=1S/C21H30F2N4O5/c1-5-26(12-21(2,3)4)17(18(24)29)19(30)25-13-6-7-14(15(10-13)32-20(22)23)27-8-9-31-11-16(27)28/h6-7,10,17,20H,5,8-9,11-12H2,1-4H3,(H2,24,29)(H,25,30)/t17-/m1/s1. The summed E-state index contributed by atoms with van der Waals surface area (Å²) >= 11 is 0. The number of likely N-dealkylation sites (N-methyl/N-ethyl adjacent to an activating group) is 1. The first kappa shape index (κ1) is 25.5. The number of nitrogens with one attached hydrogen (secondary N) is 1. The molecule has 1 heterocycles. The average Bonchev–Trinajstić information content (AvgIpc) is 2.66. The summed E-state index contributed by atoms with van der Waals surface area (Å²) in [4.78, 5) is 40.0. The van der Waals surface area contributed by atoms with Crippen molar-refractivity contribution in [2.45, 2.75) is 40.3 Å². The van der Waals surface area contributed by atoms with Crippen molar-refractivity contribution in [3.05, 3.63) is 18.2 Å². The van der Waals surface area contributed by atoms with Crippen LogP contribution in [0, 0.1) is 5.41 Å². The van der Waals surface area contributed by atoms with Crippen LogP contribution in [0.5, 0.6) is 5.75 Å². The molecular formula is C21H30F2N4O5. The van der Waals surface area contributed by atoms with Gasteiger partial charge >= 0.3 is 6.61 Å². The Morgan fingerprint density at radius 2 is 2.03 bits per heavy atom. The SMILES string of the molecule is CCN(CC(C)(C)C)[C@H](C(N)=O)C(=O)Nc1ccc(N2CCOCC2=O)c(OC(F)F)c1. The molecule has 9 nitrogen and oxygen atoms in total. The van der Waals surface area contributed by atoms with Crippen LogP contribution in [0.2, 0.25) is 0 Å². The summed E-state index contributed by atoms with van der Waals surface area (Å²) in [6, 6.07) is 2.76. The van der Waals surface area contributed by atoms with Crippen LogP contribution >= 0.6 is 0 Å². The van der Waals surface area contributed by atoms with E-state index in [0.29, 0.717) is 13.1 Å². The molecule has 0 unspecified atom stereocenters. The predicted molar refractivity (Wildman–Crippen MR) is 115 cm³/mol. The Kier molecular flexibility index (Phi) is 8.51. The lowest BCUT2D eigenvalue weighted by atomic mass is 9.95. The lowest BCUT2D eigenvalue weighted by Crippen LogP contribution is -2.54. The molecule has 1 atom stereocenters. The zero-order valence-corrected chi connectivity index (χ0v) is 18.7. The number of benzene rings is 1. The van der Waals surface area contributed by atoms with E-state index >= 15 is 0 Å². The molecule has 11 heteroatoms. The van der Waals surface area contributed by atoms with Gasteiger partial charge < -0.3 is 25.4 Å². The zero-order chi connectivity index (χ0) is 24.1. The smallest absolute Gasteiger partial charge is 0.387 e. The molecule has 0 bridgehead atoms. The van der Waals surface area contributed by atoms with Crippen LogP contribution in [0.15, 0.2) is 18.2 Å². The quantitative estimate of drug-likeness (QED) is 0.548. The van der Waals surface area contributed by atoms with E-state index in [0.717, 1.165) is 0 Å². The Morgan fingerprint density at radius 1 is 1.34 bits per heavy atom. The third-order valence-corrected chi connectivity index (χ3v) is 4.69. The highest BCUT2D eigenvalue weighted by Gasteiger charge is 2.33. The molecule has 0 aromatic heterocycles. The number of amides is 3. The lowest BCUT2D eigenvalue weighted by molar-refractivity contribution is -0.133. The molecule has 178 valence electrons. The fraction of sp³-hybridized carbons (Fsp3) is 0.571. The van der Waals surface area contributed by atoms with E-state index < -0.39 is 30.4 Å². The molecule has 1 aliphatic rings. The highest BCUT2D eigenvalue weighted by Crippen LogP contribution is 2.33. The Hall–Kier alpha value is -2.79. The van der Waals surface area contributed by atoms with Crippen LogP contribution in [0.4, 0.5) is 20.2 Å². The third kappa shape index (κ3) is 6.86. The molecule has 1 fully saturated rings. The van der Waals surface area contributed by atoms with Gasteiger partial charge in [0.05, 0.1) is 12.3 Å². The Morgan fingerprint density at radius 3 is 2.56 bits per heavy atom. The van der Waals surface area contributed by atoms with Gasteiger partial charge in [-0.05, 0) is 24.1 Å². The number of ether oxygens (including phenoxy) is 2. The molecule has 3 N–H and O–H groups in total. The Labute approximate surface area is 185 Å². The summed E-state index contributed by atoms with van der Waals surface area (Å²) in [7, 11) is 0. The number of rotatable bonds is 9. The summed E-state index contributed by atoms with van der Waals surface area (Å²) in [5.41, 5.74) is 5.55. The van der Waals surface area contributed by atoms with E-state index in [1.165, 1.54) is 23.1 Å². The first-order valence-electron chi connectivity index (χ1n) is 10.2. The van der Waals surface area contributed by atoms with E-state index in [9.17, 15) is 23.2 Å². The minimum Gasteiger partial charge on any atom is -0.433 e. The number of nitrogens with two attached hydrogens (primary N) is 1. The van der Waals surface area contributed by atoms with E-state index in [1.54, 1.807) is 11.8 Å². The van der Waals surface area contributed by atoms with Gasteiger partial charge in [-0.15, -0.1) is 0 Å². The fourth-order valence-electron chi connectivity index (χ4n) is 3.46. The monoisotopic (exact) mass is 456 g/mol. The highest BCUT2D eigenvalue weighted by atomic mass is 19.3. The number of hydrogen-bond acceptors (Lipinski definition) is 6. The van der Waals surface area contributed by atoms with Crippen molar-refractivity contribution in [1.82, 2.24) is 4.90 Å². The second kappa shape index (κ2) is 10.7. The van der Waals surface area contributed by atoms with Crippen LogP contribution in [-0.4, -0.2) is 68.1 Å². The van der Waals surface area contributed by atoms with Gasteiger partial charge in [-0.3, -0.25) is 19.3 Å². The molecule has 32 heavy (non-hydrogen) atoms. The summed E-state index contributed by atoms with van der Waals surface area (Å²) in [5.74, 6) is -2.21. The molecule has 0 radical (unpaired) electrons. The second-order valence-electron chi connectivity index (χ2n) is 8.58. The number of anilines is 2. The number of morpholine rings is 1. The van der Waals surface area contributed by atoms with Gasteiger partial charge in [-0.1, -0.05) is 27.7 Å². The van der Waals surface area contributed by atoms with Crippen molar-refractivity contribution >= 4 is 29.1 Å². The summed E-state index contributed by atoms with van der Waals surface area (Å²) in [6.45, 7) is 5.63. The van der Waals surface area contributed by atoms with Crippen molar-refractivity contribution in [3.8, 4) is 5.75 Å². The molecule has 3 amide bonds. The first-order chi connectivity index (χ1) is 14.9. The van der Waals surface area contributed by atoms with Crippen molar-refractivity contribution in [2.75, 3.05) is 43.1 Å². The third-order valence-electron chi connectivity index (χ3n) is 4.69. The maximum Gasteiger partial charge on any atom is 0.387 e. The van der Waals surface area contributed by atoms with Gasteiger partial charge in [0.1, 0.15) is 6.61 Å². The molecule has 2 rings (SSSR count). The van der Waals surface area contributed by atoms with Crippen molar-refractivity contribution in [3.63, 3.8) is 0 Å². The number of carbonyl (C=O) groups excluding carboxylic acids is 3. The normalized spacial score (nSPS) is 15.8. The number of hydrogen-bond donors (Lipinski definition) is 2. The van der Waals surface area contributed by atoms with Gasteiger partial charge in [-0.25, -0.2) is 0 Å². The maximum absolute atomic E-state index is 13.0. The van der Waals surface area contributed by atoms with Crippen LogP contribution < -0.4 is 20.7 Å². The first-order valence-corrected chi connectivity index (χ1v) is 10.2. The van der Waals surface area contributed by atoms with Gasteiger partial charge in [-0.2, -0.15) is 8.78 Å². The lowest BCUT2D eigenvalue weighted by Gasteiger charge is -2.33. The number of carbonyl (C=O) groups is 3. The van der Waals surface area contributed by atoms with Gasteiger partial charge in [0.15, 0.2) is 11.8 Å². The largest absolute Gasteiger partial charge is 0.433 e. The number of nitrogens with zero attached hydrogens (tertiary/aromatic N) is 2. The van der Waals surface area contributed by atoms with Crippen LogP contribution in [0.1, 0.15) is 27.7 Å². The average molecular weight is 456 g/mol. The van der Waals surface area contributed by atoms with E-state index in [1.807, 2.05) is 20.8 Å². The Bertz CT molecular complexity index is 844. The Balaban J connectivity index is 2.30. The van der Waals surface area contributed by atoms with Crippen LogP contribution in [0.3, 0.4) is 0 Å². The minimum atomic E-state index is -3.14. The maximum atomic E-state index is 13.0. The summed E-state index contributed by atoms with van der Waals surface area (Å²) < 4.78 is 35.6. The topological polar surface area (TPSA) is 114 Å². The summed E-state index contributed by atoms with van der Waals surface area (Å²) in [5, 5.41) is 2.54. The fourth-order valence-corrected chi connectivity index (χ4v) is 3.46. The number of primary amides is 1. The molecule has 0 saturated carbocycles. The van der Waals surface area contributed by atoms with E-state index in [4.69, 9.17) is 10.5 Å². The molecule has 1 aromatic rings. The molecular weight excluding hydrogens is 426 g/mol. The van der Waals surface area contributed by atoms with Crippen molar-refractivity contribution in [2.24, 2.45) is 11.1 Å². The molecule has 1 aromatic carbocycles. The van der Waals surface area contributed by atoms with Gasteiger partial charge in [0, 0.05) is 24.8 Å². The predicted octanol–water partition coefficient (Wildman–Crippen LogP) is 1.81. The van der Waals surface area contributed by atoms with Gasteiger partial charge in [0.2, 0.25) is 5.91 Å². The number of alkyl halides is 2. The van der Waals surface area contributed by atoms with Crippen molar-refractivity contribution in [1.29, 1.82) is 0 Å². The van der Waals surface area contributed by atoms with Crippen LogP contribution in [0.25, 0.3) is 0 Å². The van der Waals surface area contributed by atoms with E-state index in [2.05, 4.69) is 10.1 Å². The van der Waals surface area contributed by atoms with Crippen molar-refractivity contribution < 1.29 is 32.6 Å². The minimum absolute atomic E-state index is 0.119.